The van der Waals surface area contributed by atoms with Gasteiger partial charge in [-0.15, -0.1) is 0 Å². The van der Waals surface area contributed by atoms with Gasteiger partial charge >= 0.3 is 0 Å². The van der Waals surface area contributed by atoms with Crippen LogP contribution in [0.4, 0.5) is 0 Å². The molecule has 0 spiro atoms. The molecule has 0 amide bonds. The summed E-state index contributed by atoms with van der Waals surface area (Å²) in [5, 5.41) is 0. The number of allylic oxidation sites excluding steroid dienone is 2. The van der Waals surface area contributed by atoms with Gasteiger partial charge in [0.15, 0.2) is 0 Å². The van der Waals surface area contributed by atoms with Gasteiger partial charge in [0, 0.05) is 12.3 Å². The third-order valence-corrected chi connectivity index (χ3v) is 3.21. The van der Waals surface area contributed by atoms with Gasteiger partial charge in [-0.3, -0.25) is 9.59 Å². The number of ketones is 3. The van der Waals surface area contributed by atoms with Crippen molar-refractivity contribution >= 4 is 17.3 Å². The molecule has 0 fully saturated rings. The van der Waals surface area contributed by atoms with Crippen LogP contribution in [0.15, 0.2) is 12.2 Å². The number of hydrogen-bond donors (Lipinski definition) is 0. The van der Waals surface area contributed by atoms with E-state index in [1.807, 2.05) is 0 Å². The van der Waals surface area contributed by atoms with Gasteiger partial charge in [-0.05, 0) is 38.2 Å². The summed E-state index contributed by atoms with van der Waals surface area (Å²) in [4.78, 5) is 34.8. The highest BCUT2D eigenvalue weighted by Gasteiger charge is 2.23. The van der Waals surface area contributed by atoms with Crippen LogP contribution in [0.5, 0.6) is 0 Å². The van der Waals surface area contributed by atoms with E-state index < -0.39 is 5.78 Å². The SMILES string of the molecule is CCCC[C@@H](CC(C)C)C(=O)C(=O)/C=C/CCC(C)=O. The summed E-state index contributed by atoms with van der Waals surface area (Å²) in [6, 6.07) is 0. The Morgan fingerprint density at radius 1 is 1.15 bits per heavy atom. The van der Waals surface area contributed by atoms with Gasteiger partial charge in [0.05, 0.1) is 0 Å². The minimum absolute atomic E-state index is 0.0917. The molecule has 0 unspecified atom stereocenters. The van der Waals surface area contributed by atoms with Gasteiger partial charge in [0.1, 0.15) is 5.78 Å². The number of carbonyl (C=O) groups excluding carboxylic acids is 3. The van der Waals surface area contributed by atoms with Gasteiger partial charge in [0.25, 0.3) is 0 Å². The Bertz CT molecular complexity index is 353. The van der Waals surface area contributed by atoms with Crippen molar-refractivity contribution in [1.82, 2.24) is 0 Å². The van der Waals surface area contributed by atoms with E-state index in [-0.39, 0.29) is 17.5 Å². The second kappa shape index (κ2) is 10.5. The molecule has 114 valence electrons. The topological polar surface area (TPSA) is 51.2 Å². The predicted octanol–water partition coefficient (Wildman–Crippen LogP) is 3.90. The average molecular weight is 280 g/mol. The lowest BCUT2D eigenvalue weighted by Crippen LogP contribution is -2.23. The number of hydrogen-bond acceptors (Lipinski definition) is 3. The van der Waals surface area contributed by atoms with Gasteiger partial charge < -0.3 is 4.79 Å². The lowest BCUT2D eigenvalue weighted by Gasteiger charge is -2.16. The maximum absolute atomic E-state index is 12.1. The summed E-state index contributed by atoms with van der Waals surface area (Å²) < 4.78 is 0. The molecule has 0 aromatic rings. The van der Waals surface area contributed by atoms with Crippen molar-refractivity contribution in [2.75, 3.05) is 0 Å². The summed E-state index contributed by atoms with van der Waals surface area (Å²) in [5.41, 5.74) is 0. The summed E-state index contributed by atoms with van der Waals surface area (Å²) in [7, 11) is 0. The van der Waals surface area contributed by atoms with Crippen LogP contribution in [0.2, 0.25) is 0 Å². The summed E-state index contributed by atoms with van der Waals surface area (Å²) in [5.74, 6) is -0.342. The van der Waals surface area contributed by atoms with Gasteiger partial charge in [-0.25, -0.2) is 0 Å². The fourth-order valence-electron chi connectivity index (χ4n) is 2.14. The molecule has 0 rings (SSSR count). The molecule has 3 heteroatoms. The Kier molecular flexibility index (Phi) is 9.87. The molecule has 0 aliphatic heterocycles. The Morgan fingerprint density at radius 3 is 2.30 bits per heavy atom. The molecule has 0 saturated heterocycles. The summed E-state index contributed by atoms with van der Waals surface area (Å²) >= 11 is 0. The Hall–Kier alpha value is -1.25. The molecule has 0 aromatic heterocycles. The molecule has 0 aromatic carbocycles. The van der Waals surface area contributed by atoms with Crippen LogP contribution < -0.4 is 0 Å². The standard InChI is InChI=1S/C17H28O3/c1-5-6-10-15(12-13(2)3)17(20)16(19)11-8-7-9-14(4)18/h8,11,13,15H,5-7,9-10,12H2,1-4H3/b11-8+/t15-/m0/s1. The van der Waals surface area contributed by atoms with E-state index in [1.165, 1.54) is 13.0 Å². The maximum atomic E-state index is 12.1. The quantitative estimate of drug-likeness (QED) is 0.426. The van der Waals surface area contributed by atoms with Crippen LogP contribution in [0, 0.1) is 11.8 Å². The third kappa shape index (κ3) is 8.78. The molecule has 0 aliphatic rings. The highest BCUT2D eigenvalue weighted by Crippen LogP contribution is 2.19. The Morgan fingerprint density at radius 2 is 1.80 bits per heavy atom. The van der Waals surface area contributed by atoms with E-state index in [1.54, 1.807) is 6.08 Å². The number of carbonyl (C=O) groups is 3. The van der Waals surface area contributed by atoms with E-state index in [0.717, 1.165) is 25.7 Å². The zero-order valence-electron chi connectivity index (χ0n) is 13.3. The largest absolute Gasteiger partial charge is 0.300 e. The maximum Gasteiger partial charge on any atom is 0.221 e. The first-order chi connectivity index (χ1) is 9.38. The van der Waals surface area contributed by atoms with E-state index in [9.17, 15) is 14.4 Å². The van der Waals surface area contributed by atoms with E-state index in [4.69, 9.17) is 0 Å². The van der Waals surface area contributed by atoms with Crippen LogP contribution in [-0.2, 0) is 14.4 Å². The third-order valence-electron chi connectivity index (χ3n) is 3.21. The summed E-state index contributed by atoms with van der Waals surface area (Å²) in [6.45, 7) is 7.74. The molecular formula is C17H28O3. The highest BCUT2D eigenvalue weighted by atomic mass is 16.2. The van der Waals surface area contributed by atoms with Crippen molar-refractivity contribution in [3.05, 3.63) is 12.2 Å². The Balaban J connectivity index is 4.46. The normalized spacial score (nSPS) is 12.8. The van der Waals surface area contributed by atoms with Crippen LogP contribution in [0.25, 0.3) is 0 Å². The van der Waals surface area contributed by atoms with Crippen LogP contribution in [0.1, 0.15) is 66.2 Å². The molecule has 0 aliphatic carbocycles. The van der Waals surface area contributed by atoms with E-state index in [2.05, 4.69) is 20.8 Å². The predicted molar refractivity (Wildman–Crippen MR) is 81.5 cm³/mol. The van der Waals surface area contributed by atoms with E-state index in [0.29, 0.717) is 18.8 Å². The minimum Gasteiger partial charge on any atom is -0.300 e. The summed E-state index contributed by atoms with van der Waals surface area (Å²) in [6.07, 6.45) is 7.49. The fourth-order valence-corrected chi connectivity index (χ4v) is 2.14. The lowest BCUT2D eigenvalue weighted by molar-refractivity contribution is -0.136. The second-order valence-corrected chi connectivity index (χ2v) is 5.84. The first-order valence-corrected chi connectivity index (χ1v) is 7.62. The van der Waals surface area contributed by atoms with Crippen molar-refractivity contribution in [2.45, 2.75) is 66.2 Å². The van der Waals surface area contributed by atoms with Gasteiger partial charge in [0.2, 0.25) is 11.6 Å². The Labute approximate surface area is 122 Å². The first-order valence-electron chi connectivity index (χ1n) is 7.62. The molecule has 3 nitrogen and oxygen atoms in total. The molecule has 0 heterocycles. The number of rotatable bonds is 11. The van der Waals surface area contributed by atoms with E-state index >= 15 is 0 Å². The average Bonchev–Trinajstić information content (AvgIpc) is 2.37. The van der Waals surface area contributed by atoms with Crippen molar-refractivity contribution < 1.29 is 14.4 Å². The molecule has 20 heavy (non-hydrogen) atoms. The molecule has 0 bridgehead atoms. The van der Waals surface area contributed by atoms with Crippen molar-refractivity contribution in [2.24, 2.45) is 11.8 Å². The molecule has 1 atom stereocenters. The fraction of sp³-hybridized carbons (Fsp3) is 0.706. The number of unbranched alkanes of at least 4 members (excludes halogenated alkanes) is 1. The van der Waals surface area contributed by atoms with Crippen LogP contribution in [0.3, 0.4) is 0 Å². The molecule has 0 radical (unpaired) electrons. The molecule has 0 N–H and O–H groups in total. The van der Waals surface area contributed by atoms with Crippen LogP contribution >= 0.6 is 0 Å². The second-order valence-electron chi connectivity index (χ2n) is 5.84. The zero-order chi connectivity index (χ0) is 15.5. The van der Waals surface area contributed by atoms with Gasteiger partial charge in [-0.2, -0.15) is 0 Å². The highest BCUT2D eigenvalue weighted by molar-refractivity contribution is 6.42. The monoisotopic (exact) mass is 280 g/mol. The zero-order valence-corrected chi connectivity index (χ0v) is 13.3. The molecule has 0 saturated carbocycles. The minimum atomic E-state index is -0.421. The van der Waals surface area contributed by atoms with Crippen molar-refractivity contribution in [3.63, 3.8) is 0 Å². The van der Waals surface area contributed by atoms with Crippen molar-refractivity contribution in [3.8, 4) is 0 Å². The molecular weight excluding hydrogens is 252 g/mol. The van der Waals surface area contributed by atoms with Crippen LogP contribution in [-0.4, -0.2) is 17.3 Å². The lowest BCUT2D eigenvalue weighted by atomic mass is 9.87. The smallest absolute Gasteiger partial charge is 0.221 e. The van der Waals surface area contributed by atoms with Crippen molar-refractivity contribution in [1.29, 1.82) is 0 Å². The van der Waals surface area contributed by atoms with Gasteiger partial charge in [-0.1, -0.05) is 39.7 Å². The first kappa shape index (κ1) is 18.8. The number of Topliss-reactive ketones (excluding diaryl/α,β-unsaturated/α-hetero) is 2.